The van der Waals surface area contributed by atoms with Gasteiger partial charge in [-0.15, -0.1) is 0 Å². The molecule has 0 spiro atoms. The van der Waals surface area contributed by atoms with Crippen molar-refractivity contribution in [2.45, 2.75) is 13.8 Å². The Morgan fingerprint density at radius 1 is 1.20 bits per heavy atom. The van der Waals surface area contributed by atoms with E-state index >= 15 is 0 Å². The zero-order valence-electron chi connectivity index (χ0n) is 11.6. The van der Waals surface area contributed by atoms with Crippen LogP contribution in [0.1, 0.15) is 11.3 Å². The lowest BCUT2D eigenvalue weighted by Gasteiger charge is -2.11. The first-order valence-corrected chi connectivity index (χ1v) is 6.26. The van der Waals surface area contributed by atoms with Crippen molar-refractivity contribution in [2.24, 2.45) is 0 Å². The second-order valence-electron chi connectivity index (χ2n) is 4.56. The number of anilines is 2. The van der Waals surface area contributed by atoms with Gasteiger partial charge in [0.05, 0.1) is 7.11 Å². The molecule has 0 aliphatic heterocycles. The number of aryl methyl sites for hydroxylation is 2. The molecule has 2 heterocycles. The molecule has 3 aromatic rings. The second kappa shape index (κ2) is 4.80. The van der Waals surface area contributed by atoms with E-state index in [9.17, 15) is 0 Å². The maximum absolute atomic E-state index is 5.26. The van der Waals surface area contributed by atoms with E-state index in [0.717, 1.165) is 28.5 Å². The molecule has 0 amide bonds. The summed E-state index contributed by atoms with van der Waals surface area (Å²) in [5, 5.41) is 7.50. The Hall–Kier alpha value is -2.63. The first-order chi connectivity index (χ1) is 9.67. The van der Waals surface area contributed by atoms with E-state index in [1.807, 2.05) is 38.1 Å². The number of nitrogens with one attached hydrogen (secondary N) is 1. The van der Waals surface area contributed by atoms with Crippen molar-refractivity contribution in [3.8, 4) is 5.75 Å². The summed E-state index contributed by atoms with van der Waals surface area (Å²) in [6, 6.07) is 7.85. The monoisotopic (exact) mass is 269 g/mol. The molecule has 6 nitrogen and oxygen atoms in total. The molecule has 1 aromatic carbocycles. The van der Waals surface area contributed by atoms with Gasteiger partial charge in [-0.1, -0.05) is 0 Å². The summed E-state index contributed by atoms with van der Waals surface area (Å²) in [6.07, 6.45) is 1.49. The Morgan fingerprint density at radius 3 is 2.80 bits per heavy atom. The highest BCUT2D eigenvalue weighted by atomic mass is 16.5. The fourth-order valence-corrected chi connectivity index (χ4v) is 2.12. The molecule has 0 fully saturated rings. The summed E-state index contributed by atoms with van der Waals surface area (Å²) in [5.41, 5.74) is 2.92. The van der Waals surface area contributed by atoms with Crippen LogP contribution in [0.4, 0.5) is 11.5 Å². The van der Waals surface area contributed by atoms with Crippen LogP contribution in [0.25, 0.3) is 5.78 Å². The van der Waals surface area contributed by atoms with Crippen LogP contribution in [0, 0.1) is 13.8 Å². The van der Waals surface area contributed by atoms with E-state index in [0.29, 0.717) is 5.78 Å². The van der Waals surface area contributed by atoms with E-state index in [2.05, 4.69) is 20.4 Å². The summed E-state index contributed by atoms with van der Waals surface area (Å²) in [6.45, 7) is 3.94. The van der Waals surface area contributed by atoms with E-state index in [4.69, 9.17) is 4.74 Å². The van der Waals surface area contributed by atoms with Gasteiger partial charge in [-0.3, -0.25) is 0 Å². The Bertz CT molecular complexity index is 765. The molecule has 102 valence electrons. The van der Waals surface area contributed by atoms with Gasteiger partial charge in [-0.25, -0.2) is 4.98 Å². The molecule has 3 rings (SSSR count). The summed E-state index contributed by atoms with van der Waals surface area (Å²) in [7, 11) is 1.67. The molecule has 6 heteroatoms. The number of rotatable bonds is 3. The van der Waals surface area contributed by atoms with Crippen LogP contribution in [-0.4, -0.2) is 26.7 Å². The molecule has 0 radical (unpaired) electrons. The number of hydrogen-bond acceptors (Lipinski definition) is 5. The fourth-order valence-electron chi connectivity index (χ4n) is 2.12. The lowest BCUT2D eigenvalue weighted by atomic mass is 10.2. The largest absolute Gasteiger partial charge is 0.496 e. The van der Waals surface area contributed by atoms with Gasteiger partial charge in [0.2, 0.25) is 0 Å². The van der Waals surface area contributed by atoms with E-state index in [1.165, 1.54) is 6.33 Å². The molecule has 20 heavy (non-hydrogen) atoms. The highest BCUT2D eigenvalue weighted by molar-refractivity contribution is 5.61. The first kappa shape index (κ1) is 12.4. The summed E-state index contributed by atoms with van der Waals surface area (Å²) in [4.78, 5) is 8.42. The Kier molecular flexibility index (Phi) is 2.98. The van der Waals surface area contributed by atoms with Gasteiger partial charge in [-0.05, 0) is 37.6 Å². The molecule has 1 N–H and O–H groups in total. The molecule has 0 aliphatic carbocycles. The Labute approximate surface area is 116 Å². The second-order valence-corrected chi connectivity index (χ2v) is 4.56. The van der Waals surface area contributed by atoms with E-state index < -0.39 is 0 Å². The quantitative estimate of drug-likeness (QED) is 0.791. The predicted octanol–water partition coefficient (Wildman–Crippen LogP) is 2.49. The van der Waals surface area contributed by atoms with Gasteiger partial charge in [0.25, 0.3) is 5.78 Å². The minimum atomic E-state index is 0.581. The summed E-state index contributed by atoms with van der Waals surface area (Å²) >= 11 is 0. The summed E-state index contributed by atoms with van der Waals surface area (Å²) < 4.78 is 6.93. The van der Waals surface area contributed by atoms with Gasteiger partial charge in [-0.2, -0.15) is 14.6 Å². The van der Waals surface area contributed by atoms with E-state index in [-0.39, 0.29) is 0 Å². The van der Waals surface area contributed by atoms with Gasteiger partial charge in [0.1, 0.15) is 17.9 Å². The average molecular weight is 269 g/mol. The number of nitrogens with zero attached hydrogens (tertiary/aromatic N) is 4. The number of benzene rings is 1. The number of hydrogen-bond donors (Lipinski definition) is 1. The summed E-state index contributed by atoms with van der Waals surface area (Å²) in [5.74, 6) is 2.28. The molecule has 0 saturated heterocycles. The molecule has 0 saturated carbocycles. The number of methoxy groups -OCH3 is 1. The SMILES string of the molecule is COc1ccc(Nc2cc(C)nc3ncnn23)cc1C. The fraction of sp³-hybridized carbons (Fsp3) is 0.214. The smallest absolute Gasteiger partial charge is 0.254 e. The Morgan fingerprint density at radius 2 is 2.05 bits per heavy atom. The zero-order chi connectivity index (χ0) is 14.1. The van der Waals surface area contributed by atoms with Crippen LogP contribution in [0.2, 0.25) is 0 Å². The van der Waals surface area contributed by atoms with Crippen LogP contribution in [0.3, 0.4) is 0 Å². The lowest BCUT2D eigenvalue weighted by Crippen LogP contribution is -2.03. The van der Waals surface area contributed by atoms with Crippen molar-refractivity contribution in [1.82, 2.24) is 19.6 Å². The van der Waals surface area contributed by atoms with Crippen molar-refractivity contribution >= 4 is 17.3 Å². The molecule has 0 unspecified atom stereocenters. The van der Waals surface area contributed by atoms with Crippen molar-refractivity contribution in [1.29, 1.82) is 0 Å². The van der Waals surface area contributed by atoms with Gasteiger partial charge < -0.3 is 10.1 Å². The highest BCUT2D eigenvalue weighted by Gasteiger charge is 2.07. The third-order valence-corrected chi connectivity index (χ3v) is 3.05. The van der Waals surface area contributed by atoms with Gasteiger partial charge in [0, 0.05) is 17.4 Å². The van der Waals surface area contributed by atoms with Crippen LogP contribution < -0.4 is 10.1 Å². The third-order valence-electron chi connectivity index (χ3n) is 3.05. The predicted molar refractivity (Wildman–Crippen MR) is 76.5 cm³/mol. The highest BCUT2D eigenvalue weighted by Crippen LogP contribution is 2.24. The maximum atomic E-state index is 5.26. The van der Waals surface area contributed by atoms with Crippen LogP contribution in [0.15, 0.2) is 30.6 Å². The number of fused-ring (bicyclic) bond motifs is 1. The standard InChI is InChI=1S/C14H15N5O/c1-9-6-11(4-5-12(9)20-3)18-13-7-10(2)17-14-15-8-16-19(13)14/h4-8,18H,1-3H3. The minimum Gasteiger partial charge on any atom is -0.496 e. The number of ether oxygens (including phenoxy) is 1. The zero-order valence-corrected chi connectivity index (χ0v) is 11.6. The van der Waals surface area contributed by atoms with Crippen LogP contribution >= 0.6 is 0 Å². The third kappa shape index (κ3) is 2.16. The topological polar surface area (TPSA) is 64.3 Å². The van der Waals surface area contributed by atoms with Crippen LogP contribution in [0.5, 0.6) is 5.75 Å². The van der Waals surface area contributed by atoms with Crippen molar-refractivity contribution in [2.75, 3.05) is 12.4 Å². The first-order valence-electron chi connectivity index (χ1n) is 6.26. The molecule has 0 atom stereocenters. The lowest BCUT2D eigenvalue weighted by molar-refractivity contribution is 0.412. The van der Waals surface area contributed by atoms with Gasteiger partial charge >= 0.3 is 0 Å². The van der Waals surface area contributed by atoms with Crippen LogP contribution in [-0.2, 0) is 0 Å². The van der Waals surface area contributed by atoms with Crippen molar-refractivity contribution in [3.05, 3.63) is 41.9 Å². The van der Waals surface area contributed by atoms with Crippen molar-refractivity contribution < 1.29 is 4.74 Å². The van der Waals surface area contributed by atoms with Gasteiger partial charge in [0.15, 0.2) is 0 Å². The molecular weight excluding hydrogens is 254 g/mol. The number of aromatic nitrogens is 4. The normalized spacial score (nSPS) is 10.8. The molecule has 0 aliphatic rings. The molecule has 0 bridgehead atoms. The van der Waals surface area contributed by atoms with Crippen molar-refractivity contribution in [3.63, 3.8) is 0 Å². The Balaban J connectivity index is 2.00. The minimum absolute atomic E-state index is 0.581. The molecule has 2 aromatic heterocycles. The molecular formula is C14H15N5O. The van der Waals surface area contributed by atoms with E-state index in [1.54, 1.807) is 11.6 Å². The average Bonchev–Trinajstić information content (AvgIpc) is 2.87. The maximum Gasteiger partial charge on any atom is 0.254 e.